The van der Waals surface area contributed by atoms with Gasteiger partial charge < -0.3 is 14.8 Å². The van der Waals surface area contributed by atoms with E-state index in [0.717, 1.165) is 36.7 Å². The van der Waals surface area contributed by atoms with E-state index < -0.39 is 22.9 Å². The van der Waals surface area contributed by atoms with E-state index in [1.807, 2.05) is 30.3 Å². The molecule has 0 fully saturated rings. The van der Waals surface area contributed by atoms with Crippen molar-refractivity contribution >= 4 is 17.8 Å². The first-order chi connectivity index (χ1) is 21.5. The first kappa shape index (κ1) is 39.0. The van der Waals surface area contributed by atoms with E-state index >= 15 is 0 Å². The van der Waals surface area contributed by atoms with Gasteiger partial charge in [-0.1, -0.05) is 118 Å². The van der Waals surface area contributed by atoms with E-state index in [2.05, 4.69) is 60.7 Å². The Balaban J connectivity index is 2.25. The predicted octanol–water partition coefficient (Wildman–Crippen LogP) is 10.1. The fourth-order valence-corrected chi connectivity index (χ4v) is 6.62. The van der Waals surface area contributed by atoms with E-state index in [0.29, 0.717) is 23.0 Å². The molecule has 0 aliphatic carbocycles. The summed E-state index contributed by atoms with van der Waals surface area (Å²) in [6.45, 7) is 20.5. The van der Waals surface area contributed by atoms with Gasteiger partial charge in [0.1, 0.15) is 11.5 Å². The first-order valence-corrected chi connectivity index (χ1v) is 17.4. The lowest BCUT2D eigenvalue weighted by molar-refractivity contribution is -0.133. The molecule has 1 N–H and O–H groups in total. The Morgan fingerprint density at radius 2 is 1.26 bits per heavy atom. The van der Waals surface area contributed by atoms with Gasteiger partial charge in [0.15, 0.2) is 0 Å². The standard InChI is InChI=1S/C40H61NO5/c1-28(2)17-14-18-29(3)19-15-20-30(4)21-16-26-40(10,41-38(44)34-22-12-11-13-23-34)31(5)39(8,9)36-27-35(45-32(6)42)24-25-37(36)46-33(7)43/h11-13,22-25,27-31H,14-21,26H2,1-10H3,(H,41,44). The van der Waals surface area contributed by atoms with E-state index in [1.54, 1.807) is 18.2 Å². The minimum absolute atomic E-state index is 0.100. The third-order valence-corrected chi connectivity index (χ3v) is 9.90. The second-order valence-corrected chi connectivity index (χ2v) is 14.9. The molecule has 0 saturated carbocycles. The third kappa shape index (κ3) is 12.6. The van der Waals surface area contributed by atoms with Crippen LogP contribution >= 0.6 is 0 Å². The quantitative estimate of drug-likeness (QED) is 0.123. The molecule has 0 bridgehead atoms. The van der Waals surface area contributed by atoms with Gasteiger partial charge in [-0.05, 0) is 72.8 Å². The third-order valence-electron chi connectivity index (χ3n) is 9.90. The largest absolute Gasteiger partial charge is 0.427 e. The molecule has 256 valence electrons. The van der Waals surface area contributed by atoms with Crippen LogP contribution in [0.3, 0.4) is 0 Å². The van der Waals surface area contributed by atoms with Gasteiger partial charge in [0.25, 0.3) is 5.91 Å². The highest BCUT2D eigenvalue weighted by Gasteiger charge is 2.44. The van der Waals surface area contributed by atoms with Gasteiger partial charge >= 0.3 is 11.9 Å². The monoisotopic (exact) mass is 635 g/mol. The van der Waals surface area contributed by atoms with Crippen molar-refractivity contribution in [1.82, 2.24) is 5.32 Å². The van der Waals surface area contributed by atoms with E-state index in [9.17, 15) is 14.4 Å². The van der Waals surface area contributed by atoms with Gasteiger partial charge in [-0.15, -0.1) is 0 Å². The summed E-state index contributed by atoms with van der Waals surface area (Å²) in [4.78, 5) is 37.4. The Hall–Kier alpha value is -3.15. The normalized spacial score (nSPS) is 15.0. The fraction of sp³-hybridized carbons (Fsp3) is 0.625. The molecule has 0 saturated heterocycles. The molecule has 0 radical (unpaired) electrons. The van der Waals surface area contributed by atoms with Crippen LogP contribution in [0.2, 0.25) is 0 Å². The van der Waals surface area contributed by atoms with Crippen molar-refractivity contribution in [3.63, 3.8) is 0 Å². The molecule has 46 heavy (non-hydrogen) atoms. The van der Waals surface area contributed by atoms with E-state index in [1.165, 1.54) is 52.4 Å². The second-order valence-electron chi connectivity index (χ2n) is 14.9. The number of hydrogen-bond donors (Lipinski definition) is 1. The summed E-state index contributed by atoms with van der Waals surface area (Å²) in [7, 11) is 0. The van der Waals surface area contributed by atoms with Crippen molar-refractivity contribution in [2.45, 2.75) is 138 Å². The smallest absolute Gasteiger partial charge is 0.308 e. The predicted molar refractivity (Wildman–Crippen MR) is 188 cm³/mol. The summed E-state index contributed by atoms with van der Waals surface area (Å²) in [5.41, 5.74) is 0.181. The Morgan fingerprint density at radius 1 is 0.717 bits per heavy atom. The Bertz CT molecular complexity index is 1250. The molecule has 0 aliphatic rings. The molecule has 6 nitrogen and oxygen atoms in total. The van der Waals surface area contributed by atoms with Gasteiger partial charge in [0.2, 0.25) is 0 Å². The zero-order valence-corrected chi connectivity index (χ0v) is 30.3. The summed E-state index contributed by atoms with van der Waals surface area (Å²) >= 11 is 0. The lowest BCUT2D eigenvalue weighted by Crippen LogP contribution is -2.55. The van der Waals surface area contributed by atoms with Gasteiger partial charge in [0.05, 0.1) is 0 Å². The molecule has 2 aromatic rings. The van der Waals surface area contributed by atoms with Crippen molar-refractivity contribution in [2.75, 3.05) is 0 Å². The summed E-state index contributed by atoms with van der Waals surface area (Å²) < 4.78 is 11.1. The maximum Gasteiger partial charge on any atom is 0.308 e. The van der Waals surface area contributed by atoms with Crippen LogP contribution in [-0.4, -0.2) is 23.4 Å². The highest BCUT2D eigenvalue weighted by Crippen LogP contribution is 2.45. The average Bonchev–Trinajstić information content (AvgIpc) is 2.97. The highest BCUT2D eigenvalue weighted by atomic mass is 16.5. The summed E-state index contributed by atoms with van der Waals surface area (Å²) in [6.07, 6.45) is 10.6. The number of rotatable bonds is 19. The van der Waals surface area contributed by atoms with Crippen LogP contribution < -0.4 is 14.8 Å². The van der Waals surface area contributed by atoms with Gasteiger partial charge in [-0.3, -0.25) is 14.4 Å². The number of nitrogens with one attached hydrogen (secondary N) is 1. The number of hydrogen-bond acceptors (Lipinski definition) is 5. The molecular weight excluding hydrogens is 574 g/mol. The van der Waals surface area contributed by atoms with Crippen molar-refractivity contribution < 1.29 is 23.9 Å². The molecule has 2 aromatic carbocycles. The van der Waals surface area contributed by atoms with Crippen molar-refractivity contribution in [2.24, 2.45) is 23.7 Å². The Kier molecular flexibility index (Phi) is 15.5. The molecule has 0 aliphatic heterocycles. The minimum Gasteiger partial charge on any atom is -0.427 e. The first-order valence-electron chi connectivity index (χ1n) is 17.4. The van der Waals surface area contributed by atoms with Crippen molar-refractivity contribution in [3.05, 3.63) is 59.7 Å². The van der Waals surface area contributed by atoms with Crippen LogP contribution in [0.25, 0.3) is 0 Å². The molecule has 0 aromatic heterocycles. The van der Waals surface area contributed by atoms with Crippen LogP contribution in [-0.2, 0) is 15.0 Å². The lowest BCUT2D eigenvalue weighted by Gasteiger charge is -2.46. The maximum atomic E-state index is 13.6. The van der Waals surface area contributed by atoms with Crippen LogP contribution in [0.5, 0.6) is 11.5 Å². The fourth-order valence-electron chi connectivity index (χ4n) is 6.62. The van der Waals surface area contributed by atoms with E-state index in [-0.39, 0.29) is 11.8 Å². The molecule has 4 atom stereocenters. The number of carbonyl (C=O) groups excluding carboxylic acids is 3. The van der Waals surface area contributed by atoms with Gasteiger partial charge in [-0.25, -0.2) is 0 Å². The number of ether oxygens (including phenoxy) is 2. The van der Waals surface area contributed by atoms with Crippen LogP contribution in [0, 0.1) is 23.7 Å². The van der Waals surface area contributed by atoms with Gasteiger partial charge in [0, 0.05) is 30.5 Å². The molecule has 0 spiro atoms. The zero-order chi connectivity index (χ0) is 34.5. The van der Waals surface area contributed by atoms with Crippen LogP contribution in [0.15, 0.2) is 48.5 Å². The van der Waals surface area contributed by atoms with Crippen LogP contribution in [0.1, 0.15) is 143 Å². The van der Waals surface area contributed by atoms with E-state index in [4.69, 9.17) is 9.47 Å². The molecule has 1 amide bonds. The van der Waals surface area contributed by atoms with Crippen molar-refractivity contribution in [1.29, 1.82) is 0 Å². The molecule has 4 unspecified atom stereocenters. The Labute approximate surface area is 279 Å². The molecule has 0 heterocycles. The SMILES string of the molecule is CC(=O)Oc1ccc(OC(C)=O)c(C(C)(C)C(C)C(C)(CCCC(C)CCCC(C)CCCC(C)C)NC(=O)c2ccccc2)c1. The number of benzene rings is 2. The second kappa shape index (κ2) is 18.3. The minimum atomic E-state index is -0.591. The van der Waals surface area contributed by atoms with Crippen molar-refractivity contribution in [3.8, 4) is 11.5 Å². The lowest BCUT2D eigenvalue weighted by atomic mass is 9.64. The number of amides is 1. The molecule has 2 rings (SSSR count). The topological polar surface area (TPSA) is 81.7 Å². The summed E-state index contributed by atoms with van der Waals surface area (Å²) in [6, 6.07) is 14.4. The average molecular weight is 636 g/mol. The Morgan fingerprint density at radius 3 is 1.80 bits per heavy atom. The number of carbonyl (C=O) groups is 3. The maximum absolute atomic E-state index is 13.6. The molecule has 6 heteroatoms. The van der Waals surface area contributed by atoms with Gasteiger partial charge in [-0.2, -0.15) is 0 Å². The summed E-state index contributed by atoms with van der Waals surface area (Å²) in [5.74, 6) is 1.91. The number of esters is 2. The summed E-state index contributed by atoms with van der Waals surface area (Å²) in [5, 5.41) is 3.42. The zero-order valence-electron chi connectivity index (χ0n) is 30.3. The molecular formula is C40H61NO5. The van der Waals surface area contributed by atoms with Crippen LogP contribution in [0.4, 0.5) is 0 Å². The highest BCUT2D eigenvalue weighted by molar-refractivity contribution is 5.94.